The van der Waals surface area contributed by atoms with Crippen molar-refractivity contribution in [1.29, 1.82) is 0 Å². The number of benzene rings is 4. The van der Waals surface area contributed by atoms with Gasteiger partial charge in [0.1, 0.15) is 0 Å². The monoisotopic (exact) mass is 1090 g/mol. The zero-order valence-corrected chi connectivity index (χ0v) is 41.5. The van der Waals surface area contributed by atoms with Gasteiger partial charge in [-0.15, -0.1) is 0 Å². The number of aromatic nitrogens is 1. The molecule has 1 aliphatic rings. The van der Waals surface area contributed by atoms with Gasteiger partial charge in [0, 0.05) is 102 Å². The van der Waals surface area contributed by atoms with E-state index in [1.54, 1.807) is 38.8 Å². The second-order valence-corrected chi connectivity index (χ2v) is 17.3. The van der Waals surface area contributed by atoms with Crippen molar-refractivity contribution in [3.63, 3.8) is 0 Å². The normalized spacial score (nSPS) is 15.0. The summed E-state index contributed by atoms with van der Waals surface area (Å²) in [6, 6.07) is 30.5. The van der Waals surface area contributed by atoms with Gasteiger partial charge in [-0.2, -0.15) is 4.57 Å². The molecule has 1 saturated heterocycles. The minimum absolute atomic E-state index is 0. The second-order valence-electron chi connectivity index (χ2n) is 17.3. The van der Waals surface area contributed by atoms with Crippen molar-refractivity contribution in [2.75, 3.05) is 104 Å². The predicted octanol–water partition coefficient (Wildman–Crippen LogP) is 0.778. The van der Waals surface area contributed by atoms with Crippen molar-refractivity contribution in [3.05, 3.63) is 114 Å². The average Bonchev–Trinajstić information content (AvgIpc) is 3.30. The number of carbonyl (C=O) groups is 5. The Balaban J connectivity index is 0.00000888. The number of hydrogen-bond acceptors (Lipinski definition) is 12. The Morgan fingerprint density at radius 3 is 1.75 bits per heavy atom. The van der Waals surface area contributed by atoms with Gasteiger partial charge >= 0.3 is 74.4 Å². The van der Waals surface area contributed by atoms with E-state index in [0.717, 1.165) is 38.5 Å². The molecule has 1 fully saturated rings. The summed E-state index contributed by atoms with van der Waals surface area (Å²) >= 11 is 0. The number of amides is 2. The molecule has 20 heteroatoms. The van der Waals surface area contributed by atoms with Crippen LogP contribution in [-0.4, -0.2) is 186 Å². The first kappa shape index (κ1) is 55.0. The third kappa shape index (κ3) is 16.3. The van der Waals surface area contributed by atoms with Crippen molar-refractivity contribution in [3.8, 4) is 0 Å². The molecule has 6 N–H and O–H groups in total. The third-order valence-electron chi connectivity index (χ3n) is 12.4. The van der Waals surface area contributed by atoms with Crippen LogP contribution >= 0.6 is 0 Å². The van der Waals surface area contributed by atoms with E-state index in [2.05, 4.69) is 10.2 Å². The summed E-state index contributed by atoms with van der Waals surface area (Å²) in [7, 11) is 2.00. The molecule has 4 aromatic carbocycles. The molecule has 1 unspecified atom stereocenters. The van der Waals surface area contributed by atoms with Gasteiger partial charge in [0.2, 0.25) is 18.0 Å². The van der Waals surface area contributed by atoms with E-state index in [4.69, 9.17) is 0 Å². The van der Waals surface area contributed by atoms with Gasteiger partial charge in [0.25, 0.3) is 5.91 Å². The third-order valence-corrected chi connectivity index (χ3v) is 12.4. The molecule has 1 aliphatic heterocycles. The Labute approximate surface area is 443 Å². The maximum atomic E-state index is 13.9. The first-order chi connectivity index (χ1) is 32.6. The van der Waals surface area contributed by atoms with Crippen molar-refractivity contribution in [1.82, 2.24) is 29.8 Å². The van der Waals surface area contributed by atoms with Crippen LogP contribution in [0.25, 0.3) is 21.7 Å². The number of fused-ring (bicyclic) bond motifs is 3. The van der Waals surface area contributed by atoms with Crippen LogP contribution in [-0.2, 0) is 37.1 Å². The summed E-state index contributed by atoms with van der Waals surface area (Å²) in [6.45, 7) is 2.25. The van der Waals surface area contributed by atoms with E-state index in [-0.39, 0.29) is 133 Å². The zero-order chi connectivity index (χ0) is 48.7. The van der Waals surface area contributed by atoms with Gasteiger partial charge in [-0.25, -0.2) is 0 Å². The number of nitrogens with one attached hydrogen (secondary N) is 1. The molecule has 6 rings (SSSR count). The number of anilines is 1. The van der Waals surface area contributed by atoms with Crippen LogP contribution < -0.4 is 20.2 Å². The minimum atomic E-state index is -1.66. The summed E-state index contributed by atoms with van der Waals surface area (Å²) in [6.07, 6.45) is 2.44. The molecule has 2 amide bonds. The molecule has 364 valence electrons. The van der Waals surface area contributed by atoms with Gasteiger partial charge in [-0.1, -0.05) is 66.7 Å². The quantitative estimate of drug-likeness (QED) is 0.0383. The van der Waals surface area contributed by atoms with E-state index in [9.17, 15) is 49.3 Å². The number of aliphatic carboxylic acids is 3. The van der Waals surface area contributed by atoms with Crippen molar-refractivity contribution < 1.29 is 103 Å². The first-order valence-corrected chi connectivity index (χ1v) is 22.8. The number of nitrogens with zero attached hydrogens (tertiary/aromatic N) is 7. The molecule has 5 aromatic rings. The molecule has 0 saturated carbocycles. The molecule has 0 bridgehead atoms. The van der Waals surface area contributed by atoms with E-state index < -0.39 is 25.0 Å². The average molecular weight is 1090 g/mol. The van der Waals surface area contributed by atoms with Crippen LogP contribution in [0.15, 0.2) is 103 Å². The summed E-state index contributed by atoms with van der Waals surface area (Å²) in [5.41, 5.74) is 3.78. The molecule has 0 aliphatic carbocycles. The zero-order valence-electron chi connectivity index (χ0n) is 39.1. The molecule has 2 heterocycles. The Kier molecular flexibility index (Phi) is 21.5. The van der Waals surface area contributed by atoms with Crippen molar-refractivity contribution in [2.45, 2.75) is 25.6 Å². The van der Waals surface area contributed by atoms with Gasteiger partial charge in [-0.3, -0.25) is 43.6 Å². The van der Waals surface area contributed by atoms with Crippen molar-refractivity contribution >= 4 is 69.7 Å². The Morgan fingerprint density at radius 2 is 1.19 bits per heavy atom. The number of carboxylic acid groups (broad SMARTS) is 3. The molecule has 0 spiro atoms. The summed E-state index contributed by atoms with van der Waals surface area (Å²) in [5, 5.41) is 55.0. The molecule has 1 atom stereocenters. The van der Waals surface area contributed by atoms with E-state index in [1.807, 2.05) is 108 Å². The van der Waals surface area contributed by atoms with Crippen LogP contribution in [0.2, 0.25) is 0 Å². The topological polar surface area (TPSA) is 222 Å². The van der Waals surface area contributed by atoms with E-state index >= 15 is 0 Å². The maximum absolute atomic E-state index is 13.9. The van der Waals surface area contributed by atoms with Crippen LogP contribution in [0.4, 0.5) is 5.69 Å². The number of rotatable bonds is 19. The fourth-order valence-electron chi connectivity index (χ4n) is 8.84. The van der Waals surface area contributed by atoms with Crippen LogP contribution in [0, 0.1) is 49.4 Å². The Hall–Kier alpha value is -4.89. The standard InChI is InChI=1S/C49H61BN8O10.Eu/c1-52(46(60)32-54-20-22-55(33-47(61)62)24-26-57(35-49(65)66)27-25-56(23-21-54)34-48(63)64)29-36-16-17-44-41(28-36)39-13-7-6-10-37(39)30-58(44)31-45(59)51-19-18-43(53(2)38-11-4-3-5-12-38)40-14-8-9-15-42(40)50(67)68;/h3-17,28,30,43,67-68H,18-27,29,31-35H2,1-2H3,(H3-,51,59,61,62,63,64,65,66);/q;+3/p+1. The van der Waals surface area contributed by atoms with Gasteiger partial charge in [0.05, 0.1) is 37.6 Å². The Morgan fingerprint density at radius 1 is 0.667 bits per heavy atom. The molecule has 1 aromatic heterocycles. The van der Waals surface area contributed by atoms with Gasteiger partial charge in [-0.05, 0) is 47.3 Å². The van der Waals surface area contributed by atoms with Crippen molar-refractivity contribution in [2.24, 2.45) is 0 Å². The van der Waals surface area contributed by atoms with E-state index in [0.29, 0.717) is 44.6 Å². The minimum Gasteiger partial charge on any atom is -0.480 e. The molecule has 0 radical (unpaired) electrons. The Bertz CT molecular complexity index is 2510. The maximum Gasteiger partial charge on any atom is 3.00 e. The predicted molar refractivity (Wildman–Crippen MR) is 258 cm³/mol. The number of hydrogen-bond donors (Lipinski definition) is 6. The molecular formula is C49H62BEuN8O10+4. The summed E-state index contributed by atoms with van der Waals surface area (Å²) in [5.74, 6) is -3.46. The van der Waals surface area contributed by atoms with Crippen LogP contribution in [0.5, 0.6) is 0 Å². The van der Waals surface area contributed by atoms with Gasteiger partial charge < -0.3 is 40.5 Å². The second kappa shape index (κ2) is 26.9. The summed E-state index contributed by atoms with van der Waals surface area (Å²) < 4.78 is 1.92. The van der Waals surface area contributed by atoms with Crippen LogP contribution in [0.1, 0.15) is 23.6 Å². The molecular weight excluding hydrogens is 1020 g/mol. The summed E-state index contributed by atoms with van der Waals surface area (Å²) in [4.78, 5) is 73.4. The van der Waals surface area contributed by atoms with Gasteiger partial charge in [0.15, 0.2) is 6.20 Å². The first-order valence-electron chi connectivity index (χ1n) is 22.8. The van der Waals surface area contributed by atoms with Crippen LogP contribution in [0.3, 0.4) is 0 Å². The molecule has 18 nitrogen and oxygen atoms in total. The number of likely N-dealkylation sites (N-methyl/N-ethyl adjacent to an activating group) is 1. The number of para-hydroxylation sites is 1. The molecule has 69 heavy (non-hydrogen) atoms. The largest absolute Gasteiger partial charge is 3.00 e. The SMILES string of the molecule is CN(Cc1ccc2c(c1)c1ccccc1c[n+]2CC(=O)NCCC(c1ccccc1B(O)O)N(C)c1ccccc1)C(=O)CN1CCN(CC(=O)O)CCN(CC(=O)O)CCN(CC(=O)O)CC1.[Eu+3]. The smallest absolute Gasteiger partial charge is 0.480 e. The number of carboxylic acids is 3. The number of carbonyl (C=O) groups excluding carboxylic acids is 2. The van der Waals surface area contributed by atoms with E-state index in [1.165, 1.54) is 0 Å². The fraction of sp³-hybridized carbons (Fsp3) is 0.388. The number of pyridine rings is 1. The fourth-order valence-corrected chi connectivity index (χ4v) is 8.84.